The van der Waals surface area contributed by atoms with Crippen LogP contribution >= 0.6 is 0 Å². The molecule has 0 aromatic carbocycles. The minimum absolute atomic E-state index is 0.215. The van der Waals surface area contributed by atoms with Crippen LogP contribution in [0.2, 0.25) is 0 Å². The van der Waals surface area contributed by atoms with Crippen molar-refractivity contribution in [3.05, 3.63) is 0 Å². The summed E-state index contributed by atoms with van der Waals surface area (Å²) in [4.78, 5) is 0. The molecular weight excluding hydrogens is 224 g/mol. The predicted octanol–water partition coefficient (Wildman–Crippen LogP) is 1.22. The molecule has 0 heterocycles. The van der Waals surface area contributed by atoms with Crippen molar-refractivity contribution in [3.8, 4) is 0 Å². The molecule has 4 nitrogen and oxygen atoms in total. The van der Waals surface area contributed by atoms with E-state index in [0.717, 1.165) is 19.3 Å². The third-order valence-electron chi connectivity index (χ3n) is 3.27. The van der Waals surface area contributed by atoms with Crippen LogP contribution in [0.1, 0.15) is 45.4 Å². The van der Waals surface area contributed by atoms with Crippen LogP contribution in [0, 0.1) is 5.41 Å². The van der Waals surface area contributed by atoms with Gasteiger partial charge in [-0.15, -0.1) is 0 Å². The summed E-state index contributed by atoms with van der Waals surface area (Å²) < 4.78 is 26.0. The number of unbranched alkanes of at least 4 members (excludes halogenated alkanes) is 1. The van der Waals surface area contributed by atoms with Crippen molar-refractivity contribution in [2.75, 3.05) is 18.8 Å². The van der Waals surface area contributed by atoms with E-state index >= 15 is 0 Å². The highest BCUT2D eigenvalue weighted by Gasteiger charge is 2.41. The second-order valence-electron chi connectivity index (χ2n) is 4.89. The van der Waals surface area contributed by atoms with Crippen molar-refractivity contribution < 1.29 is 8.42 Å². The standard InChI is InChI=1S/C11H24N2O2S/c1-2-5-11(6-7-11)10-13-16(14,15)9-4-3-8-12/h13H,2-10,12H2,1H3. The molecule has 0 aromatic heterocycles. The zero-order chi connectivity index (χ0) is 12.1. The van der Waals surface area contributed by atoms with Gasteiger partial charge in [0.2, 0.25) is 10.0 Å². The highest BCUT2D eigenvalue weighted by atomic mass is 32.2. The lowest BCUT2D eigenvalue weighted by molar-refractivity contribution is 0.449. The Balaban J connectivity index is 2.25. The molecule has 1 fully saturated rings. The number of hydrogen-bond donors (Lipinski definition) is 2. The Bertz CT molecular complexity index is 297. The Morgan fingerprint density at radius 2 is 2.00 bits per heavy atom. The fourth-order valence-corrected chi connectivity index (χ4v) is 3.25. The summed E-state index contributed by atoms with van der Waals surface area (Å²) in [5.41, 5.74) is 5.62. The average Bonchev–Trinajstić information content (AvgIpc) is 2.97. The van der Waals surface area contributed by atoms with E-state index in [-0.39, 0.29) is 11.2 Å². The van der Waals surface area contributed by atoms with Crippen LogP contribution in [0.5, 0.6) is 0 Å². The van der Waals surface area contributed by atoms with Crippen LogP contribution < -0.4 is 10.5 Å². The lowest BCUT2D eigenvalue weighted by Crippen LogP contribution is -2.32. The summed E-state index contributed by atoms with van der Waals surface area (Å²) in [5, 5.41) is 0. The average molecular weight is 248 g/mol. The first-order chi connectivity index (χ1) is 7.54. The summed E-state index contributed by atoms with van der Waals surface area (Å²) in [6, 6.07) is 0. The normalized spacial score (nSPS) is 18.6. The van der Waals surface area contributed by atoms with Gasteiger partial charge in [0.25, 0.3) is 0 Å². The van der Waals surface area contributed by atoms with E-state index in [0.29, 0.717) is 19.5 Å². The third kappa shape index (κ3) is 4.80. The first-order valence-electron chi connectivity index (χ1n) is 6.21. The van der Waals surface area contributed by atoms with Gasteiger partial charge < -0.3 is 5.73 Å². The largest absolute Gasteiger partial charge is 0.330 e. The summed E-state index contributed by atoms with van der Waals surface area (Å²) >= 11 is 0. The Kier molecular flexibility index (Phi) is 5.21. The molecule has 16 heavy (non-hydrogen) atoms. The van der Waals surface area contributed by atoms with Gasteiger partial charge in [0.15, 0.2) is 0 Å². The number of hydrogen-bond acceptors (Lipinski definition) is 3. The summed E-state index contributed by atoms with van der Waals surface area (Å²) in [6.45, 7) is 3.34. The molecule has 3 N–H and O–H groups in total. The smallest absolute Gasteiger partial charge is 0.211 e. The molecule has 0 bridgehead atoms. The van der Waals surface area contributed by atoms with Crippen LogP contribution in [0.3, 0.4) is 0 Å². The third-order valence-corrected chi connectivity index (χ3v) is 4.68. The molecule has 1 saturated carbocycles. The van der Waals surface area contributed by atoms with Crippen LogP contribution in [-0.4, -0.2) is 27.3 Å². The van der Waals surface area contributed by atoms with Crippen molar-refractivity contribution in [1.29, 1.82) is 0 Å². The van der Waals surface area contributed by atoms with Gasteiger partial charge in [-0.3, -0.25) is 0 Å². The Hall–Kier alpha value is -0.130. The molecule has 1 aliphatic carbocycles. The predicted molar refractivity (Wildman–Crippen MR) is 66.7 cm³/mol. The summed E-state index contributed by atoms with van der Waals surface area (Å²) in [7, 11) is -3.07. The molecule has 0 unspecified atom stereocenters. The molecule has 0 radical (unpaired) electrons. The fourth-order valence-electron chi connectivity index (χ4n) is 1.99. The topological polar surface area (TPSA) is 72.2 Å². The second-order valence-corrected chi connectivity index (χ2v) is 6.81. The molecule has 0 saturated heterocycles. The monoisotopic (exact) mass is 248 g/mol. The number of nitrogens with two attached hydrogens (primary N) is 1. The van der Waals surface area contributed by atoms with Crippen molar-refractivity contribution in [2.45, 2.75) is 45.4 Å². The number of nitrogens with one attached hydrogen (secondary N) is 1. The molecule has 1 aliphatic rings. The molecular formula is C11H24N2O2S. The van der Waals surface area contributed by atoms with E-state index in [1.54, 1.807) is 0 Å². The van der Waals surface area contributed by atoms with Gasteiger partial charge in [0, 0.05) is 6.54 Å². The van der Waals surface area contributed by atoms with E-state index < -0.39 is 10.0 Å². The van der Waals surface area contributed by atoms with Crippen LogP contribution in [0.15, 0.2) is 0 Å². The van der Waals surface area contributed by atoms with Gasteiger partial charge in [0.1, 0.15) is 0 Å². The molecule has 0 amide bonds. The summed E-state index contributed by atoms with van der Waals surface area (Å²) in [6.07, 6.45) is 6.05. The van der Waals surface area contributed by atoms with Gasteiger partial charge in [0.05, 0.1) is 5.75 Å². The first kappa shape index (κ1) is 13.9. The quantitative estimate of drug-likeness (QED) is 0.603. The van der Waals surface area contributed by atoms with Crippen molar-refractivity contribution in [2.24, 2.45) is 11.1 Å². The SMILES string of the molecule is CCCC1(CNS(=O)(=O)CCCCN)CC1. The first-order valence-corrected chi connectivity index (χ1v) is 7.86. The lowest BCUT2D eigenvalue weighted by Gasteiger charge is -2.14. The minimum Gasteiger partial charge on any atom is -0.330 e. The highest BCUT2D eigenvalue weighted by molar-refractivity contribution is 7.89. The minimum atomic E-state index is -3.07. The van der Waals surface area contributed by atoms with Gasteiger partial charge >= 0.3 is 0 Å². The zero-order valence-corrected chi connectivity index (χ0v) is 11.0. The van der Waals surface area contributed by atoms with Crippen LogP contribution in [0.25, 0.3) is 0 Å². The zero-order valence-electron chi connectivity index (χ0n) is 10.2. The summed E-state index contributed by atoms with van der Waals surface area (Å²) in [5.74, 6) is 0.215. The van der Waals surface area contributed by atoms with Gasteiger partial charge in [-0.1, -0.05) is 13.3 Å². The molecule has 5 heteroatoms. The van der Waals surface area contributed by atoms with E-state index in [1.807, 2.05) is 0 Å². The maximum atomic E-state index is 11.6. The van der Waals surface area contributed by atoms with E-state index in [4.69, 9.17) is 5.73 Å². The molecule has 0 aromatic rings. The van der Waals surface area contributed by atoms with Gasteiger partial charge in [-0.05, 0) is 44.1 Å². The Morgan fingerprint density at radius 1 is 1.31 bits per heavy atom. The van der Waals surface area contributed by atoms with E-state index in [2.05, 4.69) is 11.6 Å². The molecule has 0 atom stereocenters. The van der Waals surface area contributed by atoms with Crippen molar-refractivity contribution in [3.63, 3.8) is 0 Å². The van der Waals surface area contributed by atoms with E-state index in [1.165, 1.54) is 12.8 Å². The van der Waals surface area contributed by atoms with Crippen molar-refractivity contribution in [1.82, 2.24) is 4.72 Å². The maximum absolute atomic E-state index is 11.6. The lowest BCUT2D eigenvalue weighted by atomic mass is 10.0. The van der Waals surface area contributed by atoms with E-state index in [9.17, 15) is 8.42 Å². The Morgan fingerprint density at radius 3 is 2.50 bits per heavy atom. The molecule has 0 spiro atoms. The van der Waals surface area contributed by atoms with Gasteiger partial charge in [-0.2, -0.15) is 0 Å². The number of rotatable bonds is 9. The van der Waals surface area contributed by atoms with Gasteiger partial charge in [-0.25, -0.2) is 13.1 Å². The molecule has 1 rings (SSSR count). The molecule has 96 valence electrons. The highest BCUT2D eigenvalue weighted by Crippen LogP contribution is 2.49. The van der Waals surface area contributed by atoms with Crippen molar-refractivity contribution >= 4 is 10.0 Å². The second kappa shape index (κ2) is 5.98. The fraction of sp³-hybridized carbons (Fsp3) is 1.00. The maximum Gasteiger partial charge on any atom is 0.211 e. The Labute approximate surface area is 99.0 Å². The number of sulfonamides is 1. The van der Waals surface area contributed by atoms with Crippen LogP contribution in [0.4, 0.5) is 0 Å². The van der Waals surface area contributed by atoms with Crippen LogP contribution in [-0.2, 0) is 10.0 Å². The molecule has 0 aliphatic heterocycles.